The number of oxazole rings is 1. The molecule has 0 atom stereocenters. The molecule has 2 heterocycles. The zero-order chi connectivity index (χ0) is 13.9. The molecule has 1 aromatic heterocycles. The molecule has 0 saturated carbocycles. The van der Waals surface area contributed by atoms with Crippen LogP contribution in [-0.2, 0) is 0 Å². The molecule has 2 aromatic rings. The molecular formula is C14H18ClN3O3. The highest BCUT2D eigenvalue weighted by atomic mass is 35.5. The molecule has 114 valence electrons. The quantitative estimate of drug-likeness (QED) is 0.824. The molecule has 1 aliphatic heterocycles. The van der Waals surface area contributed by atoms with Gasteiger partial charge in [-0.15, -0.1) is 12.4 Å². The van der Waals surface area contributed by atoms with Crippen LogP contribution in [0.3, 0.4) is 0 Å². The molecule has 0 spiro atoms. The van der Waals surface area contributed by atoms with E-state index in [-0.39, 0.29) is 18.2 Å². The first-order chi connectivity index (χ1) is 9.72. The molecule has 1 saturated heterocycles. The van der Waals surface area contributed by atoms with Crippen molar-refractivity contribution in [1.82, 2.24) is 15.2 Å². The van der Waals surface area contributed by atoms with Gasteiger partial charge in [0.05, 0.1) is 5.52 Å². The number of benzene rings is 1. The highest BCUT2D eigenvalue weighted by Gasteiger charge is 2.13. The Balaban J connectivity index is 0.00000161. The van der Waals surface area contributed by atoms with E-state index in [0.29, 0.717) is 23.1 Å². The molecule has 0 bridgehead atoms. The van der Waals surface area contributed by atoms with Gasteiger partial charge in [-0.2, -0.15) is 0 Å². The minimum Gasteiger partial charge on any atom is -0.408 e. The third kappa shape index (κ3) is 3.72. The lowest BCUT2D eigenvalue weighted by Crippen LogP contribution is -2.44. The van der Waals surface area contributed by atoms with E-state index < -0.39 is 5.76 Å². The second kappa shape index (κ2) is 6.89. The van der Waals surface area contributed by atoms with Gasteiger partial charge in [0.25, 0.3) is 0 Å². The highest BCUT2D eigenvalue weighted by Crippen LogP contribution is 2.14. The Bertz CT molecular complexity index is 673. The van der Waals surface area contributed by atoms with Gasteiger partial charge in [0.2, 0.25) is 0 Å². The first-order valence-electron chi connectivity index (χ1n) is 6.81. The summed E-state index contributed by atoms with van der Waals surface area (Å²) in [6, 6.07) is 5.07. The molecule has 3 rings (SSSR count). The van der Waals surface area contributed by atoms with Gasteiger partial charge in [0.1, 0.15) is 0 Å². The van der Waals surface area contributed by atoms with Crippen LogP contribution in [0.4, 0.5) is 0 Å². The minimum absolute atomic E-state index is 0. The smallest absolute Gasteiger partial charge is 0.408 e. The zero-order valence-electron chi connectivity index (χ0n) is 11.6. The van der Waals surface area contributed by atoms with E-state index >= 15 is 0 Å². The van der Waals surface area contributed by atoms with Crippen LogP contribution < -0.4 is 11.1 Å². The SMILES string of the molecule is Cl.O=C(CCN1CCNCC1)c1ccc2[nH]c(=O)oc2c1. The zero-order valence-corrected chi connectivity index (χ0v) is 12.4. The van der Waals surface area contributed by atoms with Crippen LogP contribution in [0.25, 0.3) is 11.1 Å². The maximum Gasteiger partial charge on any atom is 0.417 e. The number of Topliss-reactive ketones (excluding diaryl/α,β-unsaturated/α-hetero) is 1. The van der Waals surface area contributed by atoms with Gasteiger partial charge in [0, 0.05) is 44.7 Å². The summed E-state index contributed by atoms with van der Waals surface area (Å²) in [4.78, 5) is 28.1. The van der Waals surface area contributed by atoms with Crippen LogP contribution >= 0.6 is 12.4 Å². The number of ketones is 1. The lowest BCUT2D eigenvalue weighted by Gasteiger charge is -2.26. The maximum atomic E-state index is 12.2. The van der Waals surface area contributed by atoms with Crippen molar-refractivity contribution < 1.29 is 9.21 Å². The third-order valence-corrected chi connectivity index (χ3v) is 3.61. The minimum atomic E-state index is -0.495. The van der Waals surface area contributed by atoms with Crippen molar-refractivity contribution in [2.75, 3.05) is 32.7 Å². The molecule has 1 aliphatic rings. The van der Waals surface area contributed by atoms with Crippen LogP contribution in [0.2, 0.25) is 0 Å². The van der Waals surface area contributed by atoms with Crippen molar-refractivity contribution >= 4 is 29.3 Å². The standard InChI is InChI=1S/C14H17N3O3.ClH/c18-12(3-6-17-7-4-15-5-8-17)10-1-2-11-13(9-10)20-14(19)16-11;/h1-2,9,15H,3-8H2,(H,16,19);1H. The first-order valence-corrected chi connectivity index (χ1v) is 6.81. The predicted molar refractivity (Wildman–Crippen MR) is 82.3 cm³/mol. The summed E-state index contributed by atoms with van der Waals surface area (Å²) < 4.78 is 4.97. The average molecular weight is 312 g/mol. The molecule has 1 aromatic carbocycles. The van der Waals surface area contributed by atoms with Gasteiger partial charge >= 0.3 is 5.76 Å². The topological polar surface area (TPSA) is 78.3 Å². The van der Waals surface area contributed by atoms with Gasteiger partial charge in [-0.05, 0) is 18.2 Å². The third-order valence-electron chi connectivity index (χ3n) is 3.61. The molecule has 0 unspecified atom stereocenters. The Morgan fingerprint density at radius 1 is 1.29 bits per heavy atom. The maximum absolute atomic E-state index is 12.2. The Labute approximate surface area is 127 Å². The van der Waals surface area contributed by atoms with Gasteiger partial charge in [0.15, 0.2) is 11.4 Å². The van der Waals surface area contributed by atoms with E-state index in [9.17, 15) is 9.59 Å². The van der Waals surface area contributed by atoms with Crippen molar-refractivity contribution in [2.45, 2.75) is 6.42 Å². The summed E-state index contributed by atoms with van der Waals surface area (Å²) in [6.45, 7) is 4.71. The molecule has 2 N–H and O–H groups in total. The Morgan fingerprint density at radius 2 is 2.05 bits per heavy atom. The van der Waals surface area contributed by atoms with E-state index in [1.807, 2.05) is 0 Å². The summed E-state index contributed by atoms with van der Waals surface area (Å²) in [5.74, 6) is -0.417. The van der Waals surface area contributed by atoms with Gasteiger partial charge in [-0.3, -0.25) is 9.78 Å². The number of nitrogens with one attached hydrogen (secondary N) is 2. The van der Waals surface area contributed by atoms with Crippen molar-refractivity contribution in [3.05, 3.63) is 34.3 Å². The number of halogens is 1. The molecule has 7 heteroatoms. The molecule has 0 radical (unpaired) electrons. The number of carbonyl (C=O) groups excluding carboxylic acids is 1. The van der Waals surface area contributed by atoms with E-state index in [0.717, 1.165) is 32.7 Å². The second-order valence-electron chi connectivity index (χ2n) is 4.99. The number of hydrogen-bond donors (Lipinski definition) is 2. The summed E-state index contributed by atoms with van der Waals surface area (Å²) >= 11 is 0. The summed E-state index contributed by atoms with van der Waals surface area (Å²) in [5, 5.41) is 3.28. The van der Waals surface area contributed by atoms with Crippen LogP contribution in [0.1, 0.15) is 16.8 Å². The number of fused-ring (bicyclic) bond motifs is 1. The van der Waals surface area contributed by atoms with Crippen molar-refractivity contribution in [2.24, 2.45) is 0 Å². The van der Waals surface area contributed by atoms with Crippen LogP contribution in [0.15, 0.2) is 27.4 Å². The molecule has 1 fully saturated rings. The number of carbonyl (C=O) groups is 1. The van der Waals surface area contributed by atoms with E-state index in [1.165, 1.54) is 0 Å². The molecule has 0 amide bonds. The predicted octanol–water partition coefficient (Wildman–Crippen LogP) is 1.02. The lowest BCUT2D eigenvalue weighted by atomic mass is 10.1. The van der Waals surface area contributed by atoms with Crippen LogP contribution in [0, 0.1) is 0 Å². The van der Waals surface area contributed by atoms with Gasteiger partial charge in [-0.25, -0.2) is 4.79 Å². The number of nitrogens with zero attached hydrogens (tertiary/aromatic N) is 1. The van der Waals surface area contributed by atoms with E-state index in [2.05, 4.69) is 15.2 Å². The summed E-state index contributed by atoms with van der Waals surface area (Å²) in [6.07, 6.45) is 0.486. The number of rotatable bonds is 4. The van der Waals surface area contributed by atoms with Crippen LogP contribution in [-0.4, -0.2) is 48.4 Å². The number of piperazine rings is 1. The van der Waals surface area contributed by atoms with E-state index in [4.69, 9.17) is 4.42 Å². The monoisotopic (exact) mass is 311 g/mol. The van der Waals surface area contributed by atoms with Gasteiger partial charge < -0.3 is 14.6 Å². The number of H-pyrrole nitrogens is 1. The number of hydrogen-bond acceptors (Lipinski definition) is 5. The fraction of sp³-hybridized carbons (Fsp3) is 0.429. The van der Waals surface area contributed by atoms with Crippen LogP contribution in [0.5, 0.6) is 0 Å². The van der Waals surface area contributed by atoms with Crippen molar-refractivity contribution in [1.29, 1.82) is 0 Å². The number of aromatic nitrogens is 1. The van der Waals surface area contributed by atoms with Crippen molar-refractivity contribution in [3.63, 3.8) is 0 Å². The lowest BCUT2D eigenvalue weighted by molar-refractivity contribution is 0.0960. The molecular weight excluding hydrogens is 294 g/mol. The van der Waals surface area contributed by atoms with Crippen molar-refractivity contribution in [3.8, 4) is 0 Å². The first kappa shape index (κ1) is 15.8. The fourth-order valence-electron chi connectivity index (χ4n) is 2.46. The summed E-state index contributed by atoms with van der Waals surface area (Å²) in [5.41, 5.74) is 1.65. The Hall–Kier alpha value is -1.63. The second-order valence-corrected chi connectivity index (χ2v) is 4.99. The highest BCUT2D eigenvalue weighted by molar-refractivity contribution is 5.98. The Kier molecular flexibility index (Phi) is 5.17. The Morgan fingerprint density at radius 3 is 2.81 bits per heavy atom. The molecule has 0 aliphatic carbocycles. The molecule has 6 nitrogen and oxygen atoms in total. The van der Waals surface area contributed by atoms with Gasteiger partial charge in [-0.1, -0.05) is 0 Å². The fourth-order valence-corrected chi connectivity index (χ4v) is 2.46. The van der Waals surface area contributed by atoms with E-state index in [1.54, 1.807) is 18.2 Å². The largest absolute Gasteiger partial charge is 0.417 e. The molecule has 21 heavy (non-hydrogen) atoms. The number of aromatic amines is 1. The normalized spacial score (nSPS) is 15.8. The average Bonchev–Trinajstić information content (AvgIpc) is 2.85. The summed E-state index contributed by atoms with van der Waals surface area (Å²) in [7, 11) is 0.